The zero-order valence-electron chi connectivity index (χ0n) is 26.2. The van der Waals surface area contributed by atoms with Gasteiger partial charge < -0.3 is 24.1 Å². The fourth-order valence-electron chi connectivity index (χ4n) is 6.08. The maximum Gasteiger partial charge on any atom is 0.306 e. The van der Waals surface area contributed by atoms with Gasteiger partial charge in [0.25, 0.3) is 0 Å². The third-order valence-electron chi connectivity index (χ3n) is 9.00. The van der Waals surface area contributed by atoms with Crippen LogP contribution in [0.2, 0.25) is 0 Å². The maximum absolute atomic E-state index is 11.1. The second-order valence-electron chi connectivity index (χ2n) is 12.0. The molecule has 0 spiro atoms. The Bertz CT molecular complexity index is 1600. The highest BCUT2D eigenvalue weighted by Gasteiger charge is 2.28. The predicted molar refractivity (Wildman–Crippen MR) is 181 cm³/mol. The van der Waals surface area contributed by atoms with Gasteiger partial charge in [0.1, 0.15) is 13.2 Å². The van der Waals surface area contributed by atoms with Gasteiger partial charge in [-0.3, -0.25) is 9.69 Å². The molecule has 3 aliphatic rings. The predicted octanol–water partition coefficient (Wildman–Crippen LogP) is 8.71. The van der Waals surface area contributed by atoms with E-state index in [-0.39, 0.29) is 24.2 Å². The lowest BCUT2D eigenvalue weighted by Gasteiger charge is -2.35. The number of aliphatic carboxylic acids is 1. The Kier molecular flexibility index (Phi) is 10.1. The van der Waals surface area contributed by atoms with Gasteiger partial charge in [0, 0.05) is 10.9 Å². The van der Waals surface area contributed by atoms with Crippen molar-refractivity contribution in [2.45, 2.75) is 49.8 Å². The van der Waals surface area contributed by atoms with Crippen LogP contribution < -0.4 is 18.9 Å². The molecule has 1 fully saturated rings. The van der Waals surface area contributed by atoms with Crippen LogP contribution >= 0.6 is 15.9 Å². The molecule has 0 amide bonds. The van der Waals surface area contributed by atoms with Gasteiger partial charge in [0.15, 0.2) is 35.2 Å². The average molecular weight is 687 g/mol. The second-order valence-corrected chi connectivity index (χ2v) is 13.4. The van der Waals surface area contributed by atoms with Crippen LogP contribution in [0.4, 0.5) is 0 Å². The number of likely N-dealkylation sites (tertiary alicyclic amines) is 1. The van der Waals surface area contributed by atoms with Crippen molar-refractivity contribution in [2.24, 2.45) is 5.92 Å². The highest BCUT2D eigenvalue weighted by atomic mass is 79.9. The normalized spacial score (nSPS) is 20.5. The van der Waals surface area contributed by atoms with E-state index in [2.05, 4.69) is 83.2 Å². The van der Waals surface area contributed by atoms with Crippen LogP contribution in [0, 0.1) is 5.92 Å². The molecule has 7 nitrogen and oxygen atoms in total. The van der Waals surface area contributed by atoms with Gasteiger partial charge in [0.2, 0.25) is 0 Å². The van der Waals surface area contributed by atoms with Crippen LogP contribution in [0.15, 0.2) is 97.1 Å². The number of halogens is 1. The number of ether oxygens (including phenoxy) is 4. The average Bonchev–Trinajstić information content (AvgIpc) is 3.11. The van der Waals surface area contributed by atoms with Crippen molar-refractivity contribution in [3.8, 4) is 23.0 Å². The van der Waals surface area contributed by atoms with Crippen LogP contribution in [-0.4, -0.2) is 42.3 Å². The number of carboxylic acid groups (broad SMARTS) is 1. The number of rotatable bonds is 6. The fourth-order valence-corrected chi connectivity index (χ4v) is 6.38. The number of carbonyl (C=O) groups is 1. The minimum Gasteiger partial charge on any atom is -0.485 e. The highest BCUT2D eigenvalue weighted by Crippen LogP contribution is 2.38. The minimum absolute atomic E-state index is 0.0328. The number of alkyl halides is 1. The maximum atomic E-state index is 11.1. The molecule has 7 rings (SSSR count). The zero-order chi connectivity index (χ0) is 32.0. The molecule has 3 aliphatic heterocycles. The van der Waals surface area contributed by atoms with Gasteiger partial charge in [-0.1, -0.05) is 88.7 Å². The first kappa shape index (κ1) is 32.0. The summed E-state index contributed by atoms with van der Waals surface area (Å²) in [6.07, 6.45) is 1.32. The smallest absolute Gasteiger partial charge is 0.306 e. The number of hydrogen-bond donors (Lipinski definition) is 1. The number of benzene rings is 4. The van der Waals surface area contributed by atoms with Crippen molar-refractivity contribution < 1.29 is 28.8 Å². The molecule has 0 bridgehead atoms. The van der Waals surface area contributed by atoms with Crippen molar-refractivity contribution in [3.05, 3.63) is 119 Å². The lowest BCUT2D eigenvalue weighted by atomic mass is 9.94. The van der Waals surface area contributed by atoms with Crippen molar-refractivity contribution >= 4 is 21.9 Å². The van der Waals surface area contributed by atoms with Gasteiger partial charge in [-0.25, -0.2) is 0 Å². The molecule has 8 heteroatoms. The van der Waals surface area contributed by atoms with Crippen molar-refractivity contribution in [1.29, 1.82) is 0 Å². The number of para-hydroxylation sites is 4. The summed E-state index contributed by atoms with van der Waals surface area (Å²) in [5.41, 5.74) is 4.75. The molecule has 2 unspecified atom stereocenters. The topological polar surface area (TPSA) is 77.5 Å². The molecule has 3 heterocycles. The van der Waals surface area contributed by atoms with E-state index in [1.165, 1.54) is 11.1 Å². The summed E-state index contributed by atoms with van der Waals surface area (Å²) in [5.74, 6) is 2.36. The van der Waals surface area contributed by atoms with Gasteiger partial charge in [0.05, 0.1) is 5.92 Å². The quantitative estimate of drug-likeness (QED) is 0.203. The molecule has 240 valence electrons. The Balaban J connectivity index is 0.000000172. The van der Waals surface area contributed by atoms with Crippen LogP contribution in [0.1, 0.15) is 72.0 Å². The summed E-state index contributed by atoms with van der Waals surface area (Å²) < 4.78 is 23.6. The van der Waals surface area contributed by atoms with Crippen molar-refractivity contribution in [2.75, 3.05) is 26.3 Å². The molecule has 0 aromatic heterocycles. The first-order valence-electron chi connectivity index (χ1n) is 15.9. The van der Waals surface area contributed by atoms with Crippen LogP contribution in [0.5, 0.6) is 23.0 Å². The van der Waals surface area contributed by atoms with Crippen LogP contribution in [-0.2, 0) is 4.79 Å². The van der Waals surface area contributed by atoms with E-state index in [4.69, 9.17) is 24.1 Å². The molecule has 0 saturated carbocycles. The first-order valence-corrected chi connectivity index (χ1v) is 16.8. The molecule has 4 aromatic rings. The molecule has 4 aromatic carbocycles. The molecular weight excluding hydrogens is 646 g/mol. The van der Waals surface area contributed by atoms with E-state index in [0.29, 0.717) is 18.0 Å². The lowest BCUT2D eigenvalue weighted by Crippen LogP contribution is -2.37. The monoisotopic (exact) mass is 685 g/mol. The number of hydrogen-bond acceptors (Lipinski definition) is 6. The fraction of sp³-hybridized carbons (Fsp3) is 0.342. The molecule has 46 heavy (non-hydrogen) atoms. The second kappa shape index (κ2) is 14.6. The molecule has 4 atom stereocenters. The zero-order valence-corrected chi connectivity index (χ0v) is 27.8. The minimum atomic E-state index is -0.664. The summed E-state index contributed by atoms with van der Waals surface area (Å²) in [4.78, 5) is 13.9. The van der Waals surface area contributed by atoms with Crippen LogP contribution in [0.25, 0.3) is 0 Å². The molecular formula is C38H40BrNO6. The van der Waals surface area contributed by atoms with E-state index in [1.807, 2.05) is 48.5 Å². The van der Waals surface area contributed by atoms with Gasteiger partial charge in [-0.15, -0.1) is 0 Å². The third-order valence-corrected chi connectivity index (χ3v) is 9.53. The highest BCUT2D eigenvalue weighted by molar-refractivity contribution is 9.09. The van der Waals surface area contributed by atoms with Gasteiger partial charge in [-0.05, 0) is 86.3 Å². The van der Waals surface area contributed by atoms with Gasteiger partial charge in [-0.2, -0.15) is 0 Å². The summed E-state index contributed by atoms with van der Waals surface area (Å²) in [6, 6.07) is 32.8. The lowest BCUT2D eigenvalue weighted by molar-refractivity contribution is -0.143. The molecule has 0 radical (unpaired) electrons. The Hall–Kier alpha value is -4.01. The Morgan fingerprint density at radius 2 is 1.13 bits per heavy atom. The number of carboxylic acids is 1. The van der Waals surface area contributed by atoms with Crippen molar-refractivity contribution in [3.63, 3.8) is 0 Å². The summed E-state index contributed by atoms with van der Waals surface area (Å²) in [7, 11) is 0. The summed E-state index contributed by atoms with van der Waals surface area (Å²) in [6.45, 7) is 7.03. The van der Waals surface area contributed by atoms with E-state index in [1.54, 1.807) is 0 Å². The molecule has 1 N–H and O–H groups in total. The summed E-state index contributed by atoms with van der Waals surface area (Å²) >= 11 is 3.57. The largest absolute Gasteiger partial charge is 0.485 e. The Labute approximate surface area is 279 Å². The van der Waals surface area contributed by atoms with Gasteiger partial charge >= 0.3 is 5.97 Å². The van der Waals surface area contributed by atoms with Crippen LogP contribution in [0.3, 0.4) is 0 Å². The third kappa shape index (κ3) is 7.51. The van der Waals surface area contributed by atoms with E-state index in [9.17, 15) is 4.79 Å². The van der Waals surface area contributed by atoms with Crippen molar-refractivity contribution in [1.82, 2.24) is 4.90 Å². The Morgan fingerprint density at radius 1 is 0.696 bits per heavy atom. The number of piperidine rings is 1. The molecule has 1 saturated heterocycles. The SMILES string of the molecule is CC(Br)c1ccc([C@H]2COc3ccccc3O2)cc1.CC(c1ccc([C@H]2COc3ccccc3O2)cc1)N1CCC(C(=O)O)CC1. The number of nitrogens with zero attached hydrogens (tertiary/aromatic N) is 1. The van der Waals surface area contributed by atoms with E-state index < -0.39 is 5.97 Å². The molecule has 0 aliphatic carbocycles. The Morgan fingerprint density at radius 3 is 1.57 bits per heavy atom. The summed E-state index contributed by atoms with van der Waals surface area (Å²) in [5, 5.41) is 9.16. The van der Waals surface area contributed by atoms with E-state index in [0.717, 1.165) is 60.1 Å². The number of fused-ring (bicyclic) bond motifs is 2. The first-order chi connectivity index (χ1) is 22.4. The standard InChI is InChI=1S/C22H25NO4.C16H15BrO2/c1-15(23-12-10-18(11-13-23)22(24)25)16-6-8-17(9-7-16)21-14-26-19-4-2-3-5-20(19)27-21;1-11(17)12-6-8-13(9-7-12)16-10-18-14-4-2-3-5-15(14)19-16/h2-9,15,18,21H,10-14H2,1H3,(H,24,25);2-9,11,16H,10H2,1H3/t15?,21-;11?,16-/m11/s1. The van der Waals surface area contributed by atoms with E-state index >= 15 is 0 Å².